The van der Waals surface area contributed by atoms with Crippen molar-refractivity contribution in [3.63, 3.8) is 0 Å². The number of rotatable bonds is 4. The number of nitrogens with zero attached hydrogens (tertiary/aromatic N) is 2. The molecule has 5 rings (SSSR count). The van der Waals surface area contributed by atoms with Crippen molar-refractivity contribution in [3.05, 3.63) is 48.2 Å². The van der Waals surface area contributed by atoms with Crippen LogP contribution in [0.3, 0.4) is 0 Å². The van der Waals surface area contributed by atoms with Gasteiger partial charge in [-0.1, -0.05) is 6.07 Å². The zero-order chi connectivity index (χ0) is 20.3. The number of quaternary nitrogens is 1. The van der Waals surface area contributed by atoms with Crippen LogP contribution >= 0.6 is 0 Å². The number of carbonyl (C=O) groups is 1. The van der Waals surface area contributed by atoms with Gasteiger partial charge in [-0.3, -0.25) is 9.69 Å². The first-order valence-electron chi connectivity index (χ1n) is 11.0. The van der Waals surface area contributed by atoms with Crippen molar-refractivity contribution >= 4 is 11.7 Å². The highest BCUT2D eigenvalue weighted by atomic mass is 16.6. The van der Waals surface area contributed by atoms with Crippen molar-refractivity contribution in [2.45, 2.75) is 18.9 Å². The third-order valence-corrected chi connectivity index (χ3v) is 6.50. The number of benzene rings is 1. The molecule has 30 heavy (non-hydrogen) atoms. The number of fused-ring (bicyclic) bond motifs is 1. The fourth-order valence-corrected chi connectivity index (χ4v) is 4.89. The smallest absolute Gasteiger partial charge is 0.278 e. The van der Waals surface area contributed by atoms with Crippen molar-refractivity contribution in [1.82, 2.24) is 4.90 Å². The summed E-state index contributed by atoms with van der Waals surface area (Å²) in [6.07, 6.45) is 4.21. The minimum Gasteiger partial charge on any atom is -0.486 e. The third-order valence-electron chi connectivity index (χ3n) is 6.50. The van der Waals surface area contributed by atoms with Crippen LogP contribution in [0.4, 0.5) is 5.82 Å². The van der Waals surface area contributed by atoms with Crippen LogP contribution in [-0.4, -0.2) is 63.3 Å². The largest absolute Gasteiger partial charge is 0.486 e. The van der Waals surface area contributed by atoms with E-state index in [-0.39, 0.29) is 5.91 Å². The summed E-state index contributed by atoms with van der Waals surface area (Å²) >= 11 is 0. The van der Waals surface area contributed by atoms with E-state index in [0.717, 1.165) is 62.9 Å². The van der Waals surface area contributed by atoms with E-state index in [0.29, 0.717) is 25.8 Å². The Morgan fingerprint density at radius 2 is 1.90 bits per heavy atom. The zero-order valence-corrected chi connectivity index (χ0v) is 17.3. The number of amides is 1. The average molecular weight is 411 g/mol. The molecule has 2 aromatic rings. The Morgan fingerprint density at radius 3 is 2.70 bits per heavy atom. The number of piperazine rings is 1. The number of hydrogen-bond donors (Lipinski definition) is 1. The molecule has 7 nitrogen and oxygen atoms in total. The van der Waals surface area contributed by atoms with Gasteiger partial charge in [0.1, 0.15) is 32.3 Å². The predicted octanol–water partition coefficient (Wildman–Crippen LogP) is 0.341. The first kappa shape index (κ1) is 19.2. The molecule has 0 saturated carbocycles. The Balaban J connectivity index is 1.20. The van der Waals surface area contributed by atoms with Crippen LogP contribution in [0.5, 0.6) is 11.5 Å². The molecule has 3 aliphatic rings. The molecule has 2 fully saturated rings. The second-order valence-corrected chi connectivity index (χ2v) is 8.30. The maximum atomic E-state index is 13.0. The van der Waals surface area contributed by atoms with Crippen LogP contribution in [0.25, 0.3) is 0 Å². The quantitative estimate of drug-likeness (QED) is 0.790. The Kier molecular flexibility index (Phi) is 5.45. The molecule has 2 N–H and O–H groups in total. The molecule has 0 aliphatic carbocycles. The molecule has 1 aromatic heterocycles. The highest BCUT2D eigenvalue weighted by molar-refractivity contribution is 5.77. The molecule has 4 heterocycles. The van der Waals surface area contributed by atoms with Crippen molar-refractivity contribution in [2.75, 3.05) is 57.4 Å². The maximum absolute atomic E-state index is 13.0. The molecule has 7 heteroatoms. The third kappa shape index (κ3) is 3.94. The topological polar surface area (TPSA) is 60.6 Å². The van der Waals surface area contributed by atoms with Gasteiger partial charge in [0.05, 0.1) is 25.8 Å². The number of H-pyrrole nitrogens is 1. The van der Waals surface area contributed by atoms with Crippen LogP contribution in [0, 0.1) is 0 Å². The minimum atomic E-state index is 0.270. The first-order valence-corrected chi connectivity index (χ1v) is 11.0. The molecule has 1 aromatic carbocycles. The second kappa shape index (κ2) is 8.52. The molecule has 158 valence electrons. The molecule has 2 atom stereocenters. The lowest BCUT2D eigenvalue weighted by Gasteiger charge is -2.32. The molecule has 3 aliphatic heterocycles. The van der Waals surface area contributed by atoms with E-state index in [1.165, 1.54) is 10.5 Å². The van der Waals surface area contributed by atoms with Gasteiger partial charge in [0.25, 0.3) is 11.7 Å². The van der Waals surface area contributed by atoms with Gasteiger partial charge in [0.15, 0.2) is 18.0 Å². The van der Waals surface area contributed by atoms with E-state index in [4.69, 9.17) is 9.47 Å². The Morgan fingerprint density at radius 1 is 1.07 bits per heavy atom. The summed E-state index contributed by atoms with van der Waals surface area (Å²) in [6, 6.07) is 12.7. The van der Waals surface area contributed by atoms with Gasteiger partial charge in [-0.25, -0.2) is 4.98 Å². The minimum absolute atomic E-state index is 0.270. The van der Waals surface area contributed by atoms with Gasteiger partial charge in [-0.2, -0.15) is 0 Å². The summed E-state index contributed by atoms with van der Waals surface area (Å²) < 4.78 is 11.4. The number of hydrogen-bond acceptors (Lipinski definition) is 4. The van der Waals surface area contributed by atoms with E-state index in [2.05, 4.69) is 28.1 Å². The number of likely N-dealkylation sites (tertiary alicyclic amines) is 1. The Labute approximate surface area is 177 Å². The van der Waals surface area contributed by atoms with Gasteiger partial charge in [0, 0.05) is 24.5 Å². The number of carbonyl (C=O) groups excluding carboxylic acids is 1. The lowest BCUT2D eigenvalue weighted by atomic mass is 10.0. The van der Waals surface area contributed by atoms with Crippen molar-refractivity contribution < 1.29 is 24.2 Å². The van der Waals surface area contributed by atoms with Gasteiger partial charge >= 0.3 is 0 Å². The second-order valence-electron chi connectivity index (χ2n) is 8.30. The van der Waals surface area contributed by atoms with Gasteiger partial charge in [0.2, 0.25) is 0 Å². The maximum Gasteiger partial charge on any atom is 0.278 e. The standard InChI is InChI=1S/C23H28N4O3/c28-23(26-12-10-25(11-13-26)22-5-1-2-8-24-22)17-27-9-3-4-19(27)18-6-7-20-21(16-18)30-15-14-29-20/h1-2,5-8,16,19H,3-4,9-15,17H2/p+2/t19-/m0/s1. The SMILES string of the molecule is O=C(C[NH+]1CCC[C@H]1c1ccc2c(c1)OCCO2)N1CCN(c2cccc[nH+]2)CC1. The first-order chi connectivity index (χ1) is 14.8. The lowest BCUT2D eigenvalue weighted by molar-refractivity contribution is -0.910. The van der Waals surface area contributed by atoms with Crippen LogP contribution in [-0.2, 0) is 4.79 Å². The van der Waals surface area contributed by atoms with Crippen LogP contribution in [0.2, 0.25) is 0 Å². The number of nitrogens with one attached hydrogen (secondary N) is 2. The number of pyridine rings is 1. The monoisotopic (exact) mass is 410 g/mol. The van der Waals surface area contributed by atoms with Gasteiger partial charge < -0.3 is 19.3 Å². The molecular weight excluding hydrogens is 380 g/mol. The summed E-state index contributed by atoms with van der Waals surface area (Å²) in [5, 5.41) is 0. The fourth-order valence-electron chi connectivity index (χ4n) is 4.89. The van der Waals surface area contributed by atoms with E-state index in [9.17, 15) is 4.79 Å². The zero-order valence-electron chi connectivity index (χ0n) is 17.3. The molecule has 0 bridgehead atoms. The lowest BCUT2D eigenvalue weighted by Crippen LogP contribution is -3.11. The summed E-state index contributed by atoms with van der Waals surface area (Å²) in [5.41, 5.74) is 1.25. The van der Waals surface area contributed by atoms with Crippen molar-refractivity contribution in [1.29, 1.82) is 0 Å². The predicted molar refractivity (Wildman–Crippen MR) is 112 cm³/mol. The molecule has 0 radical (unpaired) electrons. The summed E-state index contributed by atoms with van der Waals surface area (Å²) in [6.45, 7) is 6.12. The van der Waals surface area contributed by atoms with E-state index < -0.39 is 0 Å². The summed E-state index contributed by atoms with van der Waals surface area (Å²) in [5.74, 6) is 3.05. The molecule has 0 spiro atoms. The van der Waals surface area contributed by atoms with Gasteiger partial charge in [-0.05, 0) is 24.3 Å². The normalized spacial score (nSPS) is 23.5. The number of aromatic nitrogens is 1. The van der Waals surface area contributed by atoms with Crippen LogP contribution < -0.4 is 24.3 Å². The van der Waals surface area contributed by atoms with Crippen LogP contribution in [0.15, 0.2) is 42.6 Å². The highest BCUT2D eigenvalue weighted by Gasteiger charge is 2.35. The van der Waals surface area contributed by atoms with Crippen molar-refractivity contribution in [2.24, 2.45) is 0 Å². The molecule has 2 saturated heterocycles. The molecule has 1 unspecified atom stereocenters. The summed E-state index contributed by atoms with van der Waals surface area (Å²) in [7, 11) is 0. The van der Waals surface area contributed by atoms with E-state index in [1.54, 1.807) is 0 Å². The Hall–Kier alpha value is -2.80. The van der Waals surface area contributed by atoms with E-state index >= 15 is 0 Å². The summed E-state index contributed by atoms with van der Waals surface area (Å²) in [4.78, 5) is 22.0. The fraction of sp³-hybridized carbons (Fsp3) is 0.478. The molecule has 1 amide bonds. The Bertz CT molecular complexity index is 883. The molecular formula is C23H30N4O3+2. The van der Waals surface area contributed by atoms with E-state index in [1.807, 2.05) is 29.3 Å². The highest BCUT2D eigenvalue weighted by Crippen LogP contribution is 2.33. The average Bonchev–Trinajstić information content (AvgIpc) is 3.27. The number of ether oxygens (including phenoxy) is 2. The van der Waals surface area contributed by atoms with Crippen molar-refractivity contribution in [3.8, 4) is 11.5 Å². The number of aromatic amines is 1. The van der Waals surface area contributed by atoms with Crippen LogP contribution in [0.1, 0.15) is 24.4 Å². The number of anilines is 1. The van der Waals surface area contributed by atoms with Gasteiger partial charge in [-0.15, -0.1) is 0 Å².